The van der Waals surface area contributed by atoms with Crippen molar-refractivity contribution in [3.05, 3.63) is 17.9 Å². The van der Waals surface area contributed by atoms with Crippen molar-refractivity contribution in [2.75, 3.05) is 39.3 Å². The average molecular weight is 317 g/mol. The number of sulfonamides is 1. The van der Waals surface area contributed by atoms with Crippen LogP contribution < -0.4 is 10.0 Å². The van der Waals surface area contributed by atoms with Gasteiger partial charge in [-0.1, -0.05) is 0 Å². The number of carbonyl (C=O) groups is 1. The number of hydrogen-bond donors (Lipinski definition) is 3. The first kappa shape index (κ1) is 16.0. The van der Waals surface area contributed by atoms with Gasteiger partial charge in [0.2, 0.25) is 10.9 Å². The Labute approximate surface area is 123 Å². The van der Waals surface area contributed by atoms with Crippen molar-refractivity contribution in [2.45, 2.75) is 11.5 Å². The Morgan fingerprint density at radius 2 is 2.10 bits per heavy atom. The molecule has 2 rings (SSSR count). The van der Waals surface area contributed by atoms with Crippen molar-refractivity contribution in [1.29, 1.82) is 0 Å². The second-order valence-electron chi connectivity index (χ2n) is 4.77. The van der Waals surface area contributed by atoms with E-state index in [4.69, 9.17) is 9.52 Å². The number of aromatic carboxylic acids is 1. The van der Waals surface area contributed by atoms with Gasteiger partial charge in [-0.25, -0.2) is 17.9 Å². The molecule has 0 atom stereocenters. The molecule has 0 unspecified atom stereocenters. The number of furan rings is 1. The highest BCUT2D eigenvalue weighted by molar-refractivity contribution is 7.89. The maximum absolute atomic E-state index is 11.9. The Hall–Kier alpha value is -1.42. The first-order chi connectivity index (χ1) is 9.99. The maximum Gasteiger partial charge on any atom is 0.371 e. The van der Waals surface area contributed by atoms with Crippen molar-refractivity contribution in [3.63, 3.8) is 0 Å². The van der Waals surface area contributed by atoms with E-state index in [2.05, 4.69) is 14.9 Å². The lowest BCUT2D eigenvalue weighted by molar-refractivity contribution is 0.0656. The Morgan fingerprint density at radius 3 is 2.71 bits per heavy atom. The highest BCUT2D eigenvalue weighted by atomic mass is 32.2. The Balaban J connectivity index is 1.79. The van der Waals surface area contributed by atoms with Gasteiger partial charge in [-0.15, -0.1) is 0 Å². The van der Waals surface area contributed by atoms with Crippen LogP contribution in [-0.2, 0) is 10.0 Å². The number of carboxylic acids is 1. The van der Waals surface area contributed by atoms with Gasteiger partial charge in [0.1, 0.15) is 0 Å². The molecule has 8 nitrogen and oxygen atoms in total. The standard InChI is InChI=1S/C12H19N3O5S/c16-12(17)10-2-3-11(20-10)21(18,19)14-4-1-7-15-8-5-13-6-9-15/h2-3,13-14H,1,4-9H2,(H,16,17). The predicted molar refractivity (Wildman–Crippen MR) is 74.8 cm³/mol. The zero-order valence-electron chi connectivity index (χ0n) is 11.5. The monoisotopic (exact) mass is 317 g/mol. The largest absolute Gasteiger partial charge is 0.475 e. The fourth-order valence-electron chi connectivity index (χ4n) is 2.09. The van der Waals surface area contributed by atoms with Crippen LogP contribution >= 0.6 is 0 Å². The summed E-state index contributed by atoms with van der Waals surface area (Å²) in [4.78, 5) is 12.9. The van der Waals surface area contributed by atoms with Gasteiger partial charge in [-0.3, -0.25) is 0 Å². The van der Waals surface area contributed by atoms with Crippen LogP contribution in [-0.4, -0.2) is 63.7 Å². The van der Waals surface area contributed by atoms with Crippen LogP contribution in [0.25, 0.3) is 0 Å². The van der Waals surface area contributed by atoms with E-state index in [1.165, 1.54) is 0 Å². The molecule has 9 heteroatoms. The number of rotatable bonds is 7. The van der Waals surface area contributed by atoms with Crippen LogP contribution in [0.3, 0.4) is 0 Å². The van der Waals surface area contributed by atoms with Gasteiger partial charge in [0.05, 0.1) is 0 Å². The Kier molecular flexibility index (Phi) is 5.34. The molecule has 1 aliphatic rings. The lowest BCUT2D eigenvalue weighted by Crippen LogP contribution is -2.44. The minimum Gasteiger partial charge on any atom is -0.475 e. The summed E-state index contributed by atoms with van der Waals surface area (Å²) in [5, 5.41) is 11.6. The van der Waals surface area contributed by atoms with E-state index in [0.717, 1.165) is 44.9 Å². The Morgan fingerprint density at radius 1 is 1.38 bits per heavy atom. The van der Waals surface area contributed by atoms with E-state index in [-0.39, 0.29) is 11.6 Å². The molecule has 1 aromatic heterocycles. The van der Waals surface area contributed by atoms with E-state index < -0.39 is 21.8 Å². The normalized spacial score (nSPS) is 17.0. The van der Waals surface area contributed by atoms with Crippen LogP contribution in [0.15, 0.2) is 21.6 Å². The SMILES string of the molecule is O=C(O)c1ccc(S(=O)(=O)NCCCN2CCNCC2)o1. The third kappa shape index (κ3) is 4.53. The van der Waals surface area contributed by atoms with E-state index in [0.29, 0.717) is 6.42 Å². The van der Waals surface area contributed by atoms with Crippen LogP contribution in [0.4, 0.5) is 0 Å². The third-order valence-corrected chi connectivity index (χ3v) is 4.54. The molecular weight excluding hydrogens is 298 g/mol. The van der Waals surface area contributed by atoms with Crippen molar-refractivity contribution >= 4 is 16.0 Å². The quantitative estimate of drug-likeness (QED) is 0.584. The predicted octanol–water partition coefficient (Wildman–Crippen LogP) is -0.449. The van der Waals surface area contributed by atoms with Crippen molar-refractivity contribution < 1.29 is 22.7 Å². The van der Waals surface area contributed by atoms with E-state index in [1.807, 2.05) is 0 Å². The third-order valence-electron chi connectivity index (χ3n) is 3.21. The van der Waals surface area contributed by atoms with Gasteiger partial charge in [0, 0.05) is 32.7 Å². The second-order valence-corrected chi connectivity index (χ2v) is 6.46. The molecule has 0 spiro atoms. The molecule has 0 radical (unpaired) electrons. The first-order valence-corrected chi connectivity index (χ1v) is 8.23. The molecule has 1 saturated heterocycles. The number of nitrogens with one attached hydrogen (secondary N) is 2. The van der Waals surface area contributed by atoms with E-state index in [9.17, 15) is 13.2 Å². The van der Waals surface area contributed by atoms with Gasteiger partial charge in [-0.2, -0.15) is 0 Å². The summed E-state index contributed by atoms with van der Waals surface area (Å²) in [7, 11) is -3.79. The molecule has 2 heterocycles. The average Bonchev–Trinajstić information content (AvgIpc) is 2.96. The van der Waals surface area contributed by atoms with Crippen molar-refractivity contribution in [3.8, 4) is 0 Å². The maximum atomic E-state index is 11.9. The van der Waals surface area contributed by atoms with Crippen molar-refractivity contribution in [2.24, 2.45) is 0 Å². The molecule has 118 valence electrons. The summed E-state index contributed by atoms with van der Waals surface area (Å²) in [5.41, 5.74) is 0. The Bertz CT molecular complexity index is 577. The minimum absolute atomic E-state index is 0.287. The van der Waals surface area contributed by atoms with Crippen LogP contribution in [0.1, 0.15) is 17.0 Å². The van der Waals surface area contributed by atoms with Crippen LogP contribution in [0.5, 0.6) is 0 Å². The molecule has 1 fully saturated rings. The smallest absolute Gasteiger partial charge is 0.371 e. The highest BCUT2D eigenvalue weighted by Crippen LogP contribution is 2.13. The number of nitrogens with zero attached hydrogens (tertiary/aromatic N) is 1. The molecule has 0 bridgehead atoms. The van der Waals surface area contributed by atoms with E-state index >= 15 is 0 Å². The molecule has 0 saturated carbocycles. The van der Waals surface area contributed by atoms with Crippen LogP contribution in [0, 0.1) is 0 Å². The molecule has 0 amide bonds. The number of piperazine rings is 1. The first-order valence-electron chi connectivity index (χ1n) is 6.75. The molecule has 1 aromatic rings. The van der Waals surface area contributed by atoms with Gasteiger partial charge < -0.3 is 19.7 Å². The zero-order valence-corrected chi connectivity index (χ0v) is 12.4. The molecule has 1 aliphatic heterocycles. The highest BCUT2D eigenvalue weighted by Gasteiger charge is 2.20. The zero-order chi connectivity index (χ0) is 15.3. The lowest BCUT2D eigenvalue weighted by Gasteiger charge is -2.26. The summed E-state index contributed by atoms with van der Waals surface area (Å²) in [6.07, 6.45) is 0.686. The van der Waals surface area contributed by atoms with Gasteiger partial charge in [0.25, 0.3) is 10.0 Å². The summed E-state index contributed by atoms with van der Waals surface area (Å²) < 4.78 is 31.0. The summed E-state index contributed by atoms with van der Waals surface area (Å²) >= 11 is 0. The fourth-order valence-corrected chi connectivity index (χ4v) is 3.10. The van der Waals surface area contributed by atoms with Gasteiger partial charge in [0.15, 0.2) is 0 Å². The molecule has 0 aliphatic carbocycles. The minimum atomic E-state index is -3.79. The molecule has 21 heavy (non-hydrogen) atoms. The van der Waals surface area contributed by atoms with Crippen molar-refractivity contribution in [1.82, 2.24) is 14.9 Å². The fraction of sp³-hybridized carbons (Fsp3) is 0.583. The van der Waals surface area contributed by atoms with Gasteiger partial charge in [-0.05, 0) is 25.1 Å². The number of hydrogen-bond acceptors (Lipinski definition) is 6. The van der Waals surface area contributed by atoms with E-state index in [1.54, 1.807) is 0 Å². The molecular formula is C12H19N3O5S. The van der Waals surface area contributed by atoms with Gasteiger partial charge >= 0.3 is 5.97 Å². The topological polar surface area (TPSA) is 112 Å². The summed E-state index contributed by atoms with van der Waals surface area (Å²) in [6.45, 7) is 4.95. The second kappa shape index (κ2) is 7.03. The lowest BCUT2D eigenvalue weighted by atomic mass is 10.3. The van der Waals surface area contributed by atoms with Crippen LogP contribution in [0.2, 0.25) is 0 Å². The summed E-state index contributed by atoms with van der Waals surface area (Å²) in [5.74, 6) is -1.69. The molecule has 0 aromatic carbocycles. The number of carboxylic acid groups (broad SMARTS) is 1. The molecule has 3 N–H and O–H groups in total. The summed E-state index contributed by atoms with van der Waals surface area (Å²) in [6, 6.07) is 2.26.